The predicted molar refractivity (Wildman–Crippen MR) is 101 cm³/mol. The Morgan fingerprint density at radius 1 is 1.00 bits per heavy atom. The molecule has 0 fully saturated rings. The summed E-state index contributed by atoms with van der Waals surface area (Å²) in [6.07, 6.45) is 3.08. The topological polar surface area (TPSA) is 105 Å². The van der Waals surface area contributed by atoms with Crippen LogP contribution in [-0.2, 0) is 22.6 Å². The monoisotopic (exact) mass is 391 g/mol. The Labute approximate surface area is 161 Å². The first-order chi connectivity index (χ1) is 13.0. The van der Waals surface area contributed by atoms with Crippen molar-refractivity contribution in [1.82, 2.24) is 5.32 Å². The molecule has 3 N–H and O–H groups in total. The van der Waals surface area contributed by atoms with Gasteiger partial charge in [0.25, 0.3) is 0 Å². The van der Waals surface area contributed by atoms with E-state index in [2.05, 4.69) is 48.0 Å². The van der Waals surface area contributed by atoms with E-state index in [4.69, 9.17) is 29.3 Å². The molecule has 144 valence electrons. The quantitative estimate of drug-likeness (QED) is 0.392. The molecule has 8 heteroatoms. The summed E-state index contributed by atoms with van der Waals surface area (Å²) in [5.74, 6) is -1.94. The standard InChI is InChI=1S/C17H19NO2S.C2H2O4/c1-21-15-5-2-14(3-6-15)11-18-9-8-13-4-7-16-17(10-13)20-12-19-16;3-1(4)2(5)6/h2-7,10,18H,8-9,11-12H2,1H3;(H,3,4)(H,5,6). The average molecular weight is 391 g/mol. The van der Waals surface area contributed by atoms with Gasteiger partial charge in [-0.15, -0.1) is 11.8 Å². The molecule has 0 amide bonds. The highest BCUT2D eigenvalue weighted by Crippen LogP contribution is 2.32. The Balaban J connectivity index is 0.000000380. The summed E-state index contributed by atoms with van der Waals surface area (Å²) in [6, 6.07) is 14.8. The zero-order valence-corrected chi connectivity index (χ0v) is 15.6. The van der Waals surface area contributed by atoms with Gasteiger partial charge in [0.2, 0.25) is 6.79 Å². The molecule has 0 radical (unpaired) electrons. The van der Waals surface area contributed by atoms with Crippen LogP contribution < -0.4 is 14.8 Å². The second-order valence-corrected chi connectivity index (χ2v) is 6.45. The molecule has 0 aliphatic carbocycles. The highest BCUT2D eigenvalue weighted by molar-refractivity contribution is 7.98. The Morgan fingerprint density at radius 2 is 1.63 bits per heavy atom. The SMILES string of the molecule is CSc1ccc(CNCCc2ccc3c(c2)OCO3)cc1.O=C(O)C(=O)O. The molecule has 1 aliphatic rings. The number of carboxylic acids is 2. The summed E-state index contributed by atoms with van der Waals surface area (Å²) in [4.78, 5) is 19.5. The normalized spacial score (nSPS) is 11.4. The molecule has 0 spiro atoms. The zero-order valence-electron chi connectivity index (χ0n) is 14.8. The van der Waals surface area contributed by atoms with Gasteiger partial charge in [-0.25, -0.2) is 9.59 Å². The van der Waals surface area contributed by atoms with E-state index >= 15 is 0 Å². The molecule has 2 aromatic carbocycles. The minimum absolute atomic E-state index is 0.336. The van der Waals surface area contributed by atoms with Crippen molar-refractivity contribution in [3.63, 3.8) is 0 Å². The van der Waals surface area contributed by atoms with Crippen LogP contribution in [0, 0.1) is 0 Å². The lowest BCUT2D eigenvalue weighted by Gasteiger charge is -2.06. The Morgan fingerprint density at radius 3 is 2.26 bits per heavy atom. The maximum atomic E-state index is 9.10. The van der Waals surface area contributed by atoms with Crippen LogP contribution in [0.15, 0.2) is 47.4 Å². The van der Waals surface area contributed by atoms with E-state index in [0.717, 1.165) is 31.0 Å². The molecule has 1 aliphatic heterocycles. The van der Waals surface area contributed by atoms with Gasteiger partial charge < -0.3 is 25.0 Å². The van der Waals surface area contributed by atoms with Crippen LogP contribution in [0.2, 0.25) is 0 Å². The van der Waals surface area contributed by atoms with Crippen LogP contribution in [0.4, 0.5) is 0 Å². The van der Waals surface area contributed by atoms with Crippen LogP contribution >= 0.6 is 11.8 Å². The molecule has 0 saturated carbocycles. The lowest BCUT2D eigenvalue weighted by molar-refractivity contribution is -0.159. The van der Waals surface area contributed by atoms with Gasteiger partial charge >= 0.3 is 11.9 Å². The maximum Gasteiger partial charge on any atom is 0.414 e. The number of ether oxygens (including phenoxy) is 2. The first-order valence-electron chi connectivity index (χ1n) is 8.18. The summed E-state index contributed by atoms with van der Waals surface area (Å²) >= 11 is 1.77. The van der Waals surface area contributed by atoms with Crippen LogP contribution in [0.3, 0.4) is 0 Å². The van der Waals surface area contributed by atoms with Gasteiger partial charge in [-0.3, -0.25) is 0 Å². The summed E-state index contributed by atoms with van der Waals surface area (Å²) in [6.45, 7) is 2.19. The van der Waals surface area contributed by atoms with E-state index in [1.54, 1.807) is 11.8 Å². The van der Waals surface area contributed by atoms with Crippen molar-refractivity contribution in [2.24, 2.45) is 0 Å². The van der Waals surface area contributed by atoms with Crippen LogP contribution in [-0.4, -0.2) is 41.7 Å². The molecule has 7 nitrogen and oxygen atoms in total. The number of hydrogen-bond acceptors (Lipinski definition) is 6. The van der Waals surface area contributed by atoms with Crippen LogP contribution in [0.5, 0.6) is 11.5 Å². The molecule has 1 heterocycles. The summed E-state index contributed by atoms with van der Waals surface area (Å²) < 4.78 is 10.7. The second kappa shape index (κ2) is 10.4. The number of thioether (sulfide) groups is 1. The average Bonchev–Trinajstić information content (AvgIpc) is 3.14. The van der Waals surface area contributed by atoms with Crippen molar-refractivity contribution in [2.45, 2.75) is 17.9 Å². The molecule has 0 atom stereocenters. The van der Waals surface area contributed by atoms with E-state index < -0.39 is 11.9 Å². The summed E-state index contributed by atoms with van der Waals surface area (Å²) in [7, 11) is 0. The summed E-state index contributed by atoms with van der Waals surface area (Å²) in [5.41, 5.74) is 2.59. The van der Waals surface area contributed by atoms with Gasteiger partial charge in [0.1, 0.15) is 0 Å². The maximum absolute atomic E-state index is 9.10. The third-order valence-corrected chi connectivity index (χ3v) is 4.44. The molecular formula is C19H21NO6S. The number of hydrogen-bond donors (Lipinski definition) is 3. The summed E-state index contributed by atoms with van der Waals surface area (Å²) in [5, 5.41) is 18.3. The van der Waals surface area contributed by atoms with Gasteiger partial charge in [-0.1, -0.05) is 18.2 Å². The Kier molecular flexibility index (Phi) is 7.97. The Bertz CT molecular complexity index is 766. The predicted octanol–water partition coefficient (Wildman–Crippen LogP) is 2.63. The minimum atomic E-state index is -1.82. The highest BCUT2D eigenvalue weighted by atomic mass is 32.2. The third kappa shape index (κ3) is 6.84. The molecule has 0 saturated heterocycles. The van der Waals surface area contributed by atoms with E-state index in [9.17, 15) is 0 Å². The smallest absolute Gasteiger partial charge is 0.414 e. The highest BCUT2D eigenvalue weighted by Gasteiger charge is 2.12. The fraction of sp³-hybridized carbons (Fsp3) is 0.263. The lowest BCUT2D eigenvalue weighted by Crippen LogP contribution is -2.16. The number of nitrogens with one attached hydrogen (secondary N) is 1. The number of fused-ring (bicyclic) bond motifs is 1. The van der Waals surface area contributed by atoms with Crippen LogP contribution in [0.1, 0.15) is 11.1 Å². The van der Waals surface area contributed by atoms with Gasteiger partial charge in [0.15, 0.2) is 11.5 Å². The van der Waals surface area contributed by atoms with E-state index in [0.29, 0.717) is 6.79 Å². The second-order valence-electron chi connectivity index (χ2n) is 5.57. The molecule has 2 aromatic rings. The first-order valence-corrected chi connectivity index (χ1v) is 9.40. The van der Waals surface area contributed by atoms with Crippen LogP contribution in [0.25, 0.3) is 0 Å². The van der Waals surface area contributed by atoms with Crippen molar-refractivity contribution < 1.29 is 29.3 Å². The van der Waals surface area contributed by atoms with Gasteiger partial charge in [-0.05, 0) is 54.6 Å². The lowest BCUT2D eigenvalue weighted by atomic mass is 10.1. The fourth-order valence-corrected chi connectivity index (χ4v) is 2.71. The Hall–Kier alpha value is -2.71. The zero-order chi connectivity index (χ0) is 19.6. The van der Waals surface area contributed by atoms with Crippen molar-refractivity contribution in [2.75, 3.05) is 19.6 Å². The van der Waals surface area contributed by atoms with E-state index in [-0.39, 0.29) is 0 Å². The molecule has 27 heavy (non-hydrogen) atoms. The minimum Gasteiger partial charge on any atom is -0.473 e. The van der Waals surface area contributed by atoms with E-state index in [1.165, 1.54) is 16.0 Å². The molecule has 0 unspecified atom stereocenters. The van der Waals surface area contributed by atoms with Crippen molar-refractivity contribution >= 4 is 23.7 Å². The van der Waals surface area contributed by atoms with Crippen molar-refractivity contribution in [3.8, 4) is 11.5 Å². The van der Waals surface area contributed by atoms with E-state index in [1.807, 2.05) is 6.07 Å². The fourth-order valence-electron chi connectivity index (χ4n) is 2.31. The largest absolute Gasteiger partial charge is 0.473 e. The van der Waals surface area contributed by atoms with Gasteiger partial charge in [0.05, 0.1) is 0 Å². The number of carbonyl (C=O) groups is 2. The molecule has 3 rings (SSSR count). The number of aliphatic carboxylic acids is 2. The van der Waals surface area contributed by atoms with Gasteiger partial charge in [0, 0.05) is 11.4 Å². The molecule has 0 bridgehead atoms. The number of rotatable bonds is 6. The number of benzene rings is 2. The first kappa shape index (κ1) is 20.6. The van der Waals surface area contributed by atoms with Crippen molar-refractivity contribution in [3.05, 3.63) is 53.6 Å². The van der Waals surface area contributed by atoms with Gasteiger partial charge in [-0.2, -0.15) is 0 Å². The third-order valence-electron chi connectivity index (χ3n) is 3.70. The van der Waals surface area contributed by atoms with Crippen molar-refractivity contribution in [1.29, 1.82) is 0 Å². The number of carboxylic acid groups (broad SMARTS) is 2. The molecule has 0 aromatic heterocycles. The molecular weight excluding hydrogens is 370 g/mol.